The van der Waals surface area contributed by atoms with Gasteiger partial charge in [-0.05, 0) is 31.9 Å². The molecule has 1 aromatic carbocycles. The van der Waals surface area contributed by atoms with Gasteiger partial charge in [-0.25, -0.2) is 4.79 Å². The molecule has 2 N–H and O–H groups in total. The molecule has 0 radical (unpaired) electrons. The molecule has 0 fully saturated rings. The van der Waals surface area contributed by atoms with Gasteiger partial charge < -0.3 is 10.4 Å². The maximum atomic E-state index is 12.0. The van der Waals surface area contributed by atoms with Crippen LogP contribution >= 0.6 is 0 Å². The molecule has 0 bridgehead atoms. The summed E-state index contributed by atoms with van der Waals surface area (Å²) in [6, 6.07) is 4.66. The van der Waals surface area contributed by atoms with Crippen LogP contribution in [0.1, 0.15) is 41.3 Å². The maximum absolute atomic E-state index is 12.0. The summed E-state index contributed by atoms with van der Waals surface area (Å²) >= 11 is 0. The molecule has 0 unspecified atom stereocenters. The molecule has 1 atom stereocenters. The third-order valence-corrected chi connectivity index (χ3v) is 2.81. The molecule has 0 aliphatic rings. The molecule has 1 amide bonds. The molecule has 0 saturated heterocycles. The van der Waals surface area contributed by atoms with E-state index in [1.807, 2.05) is 32.9 Å². The van der Waals surface area contributed by atoms with Crippen LogP contribution in [-0.2, 0) is 4.79 Å². The highest BCUT2D eigenvalue weighted by molar-refractivity contribution is 5.97. The van der Waals surface area contributed by atoms with Crippen molar-refractivity contribution in [3.8, 4) is 0 Å². The van der Waals surface area contributed by atoms with Crippen LogP contribution in [0.3, 0.4) is 0 Å². The van der Waals surface area contributed by atoms with Crippen molar-refractivity contribution in [2.45, 2.75) is 39.7 Å². The molecule has 0 aliphatic heterocycles. The van der Waals surface area contributed by atoms with Crippen LogP contribution in [0.25, 0.3) is 0 Å². The Labute approximate surface area is 107 Å². The molecule has 0 spiro atoms. The summed E-state index contributed by atoms with van der Waals surface area (Å²) in [5, 5.41) is 11.6. The van der Waals surface area contributed by atoms with Crippen molar-refractivity contribution in [1.29, 1.82) is 0 Å². The van der Waals surface area contributed by atoms with Gasteiger partial charge in [-0.3, -0.25) is 4.79 Å². The molecule has 0 heterocycles. The summed E-state index contributed by atoms with van der Waals surface area (Å²) in [6.07, 6.45) is 1.15. The second-order valence-electron chi connectivity index (χ2n) is 4.47. The third kappa shape index (κ3) is 3.58. The number of aryl methyl sites for hydroxylation is 2. The first-order valence-corrected chi connectivity index (χ1v) is 6.06. The Kier molecular flexibility index (Phi) is 4.89. The quantitative estimate of drug-likeness (QED) is 0.841. The van der Waals surface area contributed by atoms with Crippen molar-refractivity contribution >= 4 is 11.9 Å². The van der Waals surface area contributed by atoms with Gasteiger partial charge in [0, 0.05) is 5.56 Å². The fraction of sp³-hybridized carbons (Fsp3) is 0.429. The largest absolute Gasteiger partial charge is 0.480 e. The SMILES string of the molecule is CCC[C@H](NC(=O)c1ccc(C)cc1C)C(=O)O. The standard InChI is InChI=1S/C14H19NO3/c1-4-5-12(14(17)18)15-13(16)11-7-6-9(2)8-10(11)3/h6-8,12H,4-5H2,1-3H3,(H,15,16)(H,17,18)/t12-/m0/s1. The van der Waals surface area contributed by atoms with E-state index in [2.05, 4.69) is 5.32 Å². The van der Waals surface area contributed by atoms with E-state index in [0.717, 1.165) is 11.1 Å². The average molecular weight is 249 g/mol. The lowest BCUT2D eigenvalue weighted by molar-refractivity contribution is -0.139. The summed E-state index contributed by atoms with van der Waals surface area (Å²) in [4.78, 5) is 23.0. The van der Waals surface area contributed by atoms with E-state index in [0.29, 0.717) is 18.4 Å². The minimum absolute atomic E-state index is 0.326. The number of carbonyl (C=O) groups excluding carboxylic acids is 1. The van der Waals surface area contributed by atoms with Crippen LogP contribution in [0, 0.1) is 13.8 Å². The van der Waals surface area contributed by atoms with Gasteiger partial charge in [-0.1, -0.05) is 31.0 Å². The zero-order chi connectivity index (χ0) is 13.7. The van der Waals surface area contributed by atoms with Crippen LogP contribution in [0.2, 0.25) is 0 Å². The van der Waals surface area contributed by atoms with E-state index in [1.54, 1.807) is 6.07 Å². The molecule has 98 valence electrons. The van der Waals surface area contributed by atoms with Crippen molar-refractivity contribution < 1.29 is 14.7 Å². The number of carboxylic acids is 1. The number of carbonyl (C=O) groups is 2. The predicted octanol–water partition coefficient (Wildman–Crippen LogP) is 2.29. The lowest BCUT2D eigenvalue weighted by Crippen LogP contribution is -2.40. The first-order chi connectivity index (χ1) is 8.45. The van der Waals surface area contributed by atoms with Gasteiger partial charge in [0.2, 0.25) is 0 Å². The number of benzene rings is 1. The molecule has 0 aromatic heterocycles. The van der Waals surface area contributed by atoms with Gasteiger partial charge in [-0.15, -0.1) is 0 Å². The summed E-state index contributed by atoms with van der Waals surface area (Å²) in [5.41, 5.74) is 2.46. The summed E-state index contributed by atoms with van der Waals surface area (Å²) in [5.74, 6) is -1.32. The number of amides is 1. The highest BCUT2D eigenvalue weighted by atomic mass is 16.4. The van der Waals surface area contributed by atoms with Gasteiger partial charge in [0.1, 0.15) is 6.04 Å². The van der Waals surface area contributed by atoms with E-state index >= 15 is 0 Å². The topological polar surface area (TPSA) is 66.4 Å². The maximum Gasteiger partial charge on any atom is 0.326 e. The van der Waals surface area contributed by atoms with Gasteiger partial charge in [0.05, 0.1) is 0 Å². The second-order valence-corrected chi connectivity index (χ2v) is 4.47. The molecular weight excluding hydrogens is 230 g/mol. The number of rotatable bonds is 5. The van der Waals surface area contributed by atoms with Crippen LogP contribution in [0.4, 0.5) is 0 Å². The lowest BCUT2D eigenvalue weighted by Gasteiger charge is -2.14. The van der Waals surface area contributed by atoms with Gasteiger partial charge in [0.15, 0.2) is 0 Å². The van der Waals surface area contributed by atoms with E-state index in [-0.39, 0.29) is 5.91 Å². The van der Waals surface area contributed by atoms with E-state index in [1.165, 1.54) is 0 Å². The minimum atomic E-state index is -0.991. The van der Waals surface area contributed by atoms with Crippen LogP contribution in [-0.4, -0.2) is 23.0 Å². The number of hydrogen-bond donors (Lipinski definition) is 2. The molecule has 0 saturated carbocycles. The first-order valence-electron chi connectivity index (χ1n) is 6.06. The molecule has 0 aliphatic carbocycles. The van der Waals surface area contributed by atoms with Gasteiger partial charge in [0.25, 0.3) is 5.91 Å². The number of carboxylic acid groups (broad SMARTS) is 1. The lowest BCUT2D eigenvalue weighted by atomic mass is 10.0. The molecule has 1 aromatic rings. The Bertz CT molecular complexity index is 454. The summed E-state index contributed by atoms with van der Waals surface area (Å²) < 4.78 is 0. The van der Waals surface area contributed by atoms with Gasteiger partial charge >= 0.3 is 5.97 Å². The average Bonchev–Trinajstić information content (AvgIpc) is 2.27. The monoisotopic (exact) mass is 249 g/mol. The van der Waals surface area contributed by atoms with E-state index in [4.69, 9.17) is 5.11 Å². The number of hydrogen-bond acceptors (Lipinski definition) is 2. The van der Waals surface area contributed by atoms with Crippen molar-refractivity contribution in [1.82, 2.24) is 5.32 Å². The Morgan fingerprint density at radius 1 is 1.33 bits per heavy atom. The number of nitrogens with one attached hydrogen (secondary N) is 1. The molecule has 4 nitrogen and oxygen atoms in total. The van der Waals surface area contributed by atoms with Crippen LogP contribution < -0.4 is 5.32 Å². The minimum Gasteiger partial charge on any atom is -0.480 e. The van der Waals surface area contributed by atoms with E-state index < -0.39 is 12.0 Å². The molecular formula is C14H19NO3. The highest BCUT2D eigenvalue weighted by Gasteiger charge is 2.20. The summed E-state index contributed by atoms with van der Waals surface area (Å²) in [7, 11) is 0. The Balaban J connectivity index is 2.83. The second kappa shape index (κ2) is 6.19. The molecule has 1 rings (SSSR count). The van der Waals surface area contributed by atoms with Crippen LogP contribution in [0.5, 0.6) is 0 Å². The van der Waals surface area contributed by atoms with Crippen molar-refractivity contribution in [2.75, 3.05) is 0 Å². The molecule has 18 heavy (non-hydrogen) atoms. The smallest absolute Gasteiger partial charge is 0.326 e. The van der Waals surface area contributed by atoms with Crippen molar-refractivity contribution in [2.24, 2.45) is 0 Å². The fourth-order valence-corrected chi connectivity index (χ4v) is 1.85. The zero-order valence-electron chi connectivity index (χ0n) is 11.0. The molecule has 4 heteroatoms. The Morgan fingerprint density at radius 3 is 2.50 bits per heavy atom. The number of aliphatic carboxylic acids is 1. The van der Waals surface area contributed by atoms with Crippen LogP contribution in [0.15, 0.2) is 18.2 Å². The predicted molar refractivity (Wildman–Crippen MR) is 69.7 cm³/mol. The fourth-order valence-electron chi connectivity index (χ4n) is 1.85. The zero-order valence-corrected chi connectivity index (χ0v) is 11.0. The Hall–Kier alpha value is -1.84. The van der Waals surface area contributed by atoms with Crippen molar-refractivity contribution in [3.05, 3.63) is 34.9 Å². The highest BCUT2D eigenvalue weighted by Crippen LogP contribution is 2.11. The van der Waals surface area contributed by atoms with E-state index in [9.17, 15) is 9.59 Å². The first kappa shape index (κ1) is 14.2. The van der Waals surface area contributed by atoms with Gasteiger partial charge in [-0.2, -0.15) is 0 Å². The normalized spacial score (nSPS) is 11.9. The summed E-state index contributed by atoms with van der Waals surface area (Å²) in [6.45, 7) is 5.68. The Morgan fingerprint density at radius 2 is 2.00 bits per heavy atom. The van der Waals surface area contributed by atoms with Crippen molar-refractivity contribution in [3.63, 3.8) is 0 Å². The third-order valence-electron chi connectivity index (χ3n) is 2.81.